The molecule has 0 aromatic heterocycles. The fourth-order valence-electron chi connectivity index (χ4n) is 3.28. The van der Waals surface area contributed by atoms with Gasteiger partial charge in [-0.3, -0.25) is 4.90 Å². The maximum atomic E-state index is 12.0. The van der Waals surface area contributed by atoms with Gasteiger partial charge in [-0.15, -0.1) is 0 Å². The Bertz CT molecular complexity index is 333. The molecule has 1 saturated carbocycles. The molecule has 1 heterocycles. The number of nitrogens with zero attached hydrogens (tertiary/aromatic N) is 1. The summed E-state index contributed by atoms with van der Waals surface area (Å²) in [7, 11) is 0. The first-order valence-electron chi connectivity index (χ1n) is 7.98. The topological polar surface area (TPSA) is 24.5 Å². The fourth-order valence-corrected chi connectivity index (χ4v) is 3.28. The van der Waals surface area contributed by atoms with Crippen LogP contribution in [-0.2, 0) is 4.74 Å². The van der Waals surface area contributed by atoms with Gasteiger partial charge in [-0.2, -0.15) is 13.2 Å². The lowest BCUT2D eigenvalue weighted by atomic mass is 9.89. The Hall–Kier alpha value is -0.330. The highest BCUT2D eigenvalue weighted by Gasteiger charge is 2.47. The summed E-state index contributed by atoms with van der Waals surface area (Å²) in [4.78, 5) is 2.48. The Labute approximate surface area is 125 Å². The van der Waals surface area contributed by atoms with Gasteiger partial charge in [0, 0.05) is 37.8 Å². The monoisotopic (exact) mass is 308 g/mol. The highest BCUT2D eigenvalue weighted by atomic mass is 19.4. The van der Waals surface area contributed by atoms with Crippen LogP contribution in [0.4, 0.5) is 13.2 Å². The van der Waals surface area contributed by atoms with E-state index < -0.39 is 12.8 Å². The van der Waals surface area contributed by atoms with E-state index in [2.05, 4.69) is 24.1 Å². The van der Waals surface area contributed by atoms with Crippen molar-refractivity contribution in [2.24, 2.45) is 5.92 Å². The fraction of sp³-hybridized carbons (Fsp3) is 1.00. The second kappa shape index (κ2) is 6.84. The maximum Gasteiger partial charge on any atom is 0.411 e. The quantitative estimate of drug-likeness (QED) is 0.732. The summed E-state index contributed by atoms with van der Waals surface area (Å²) in [6, 6.07) is 0.493. The number of halogens is 3. The van der Waals surface area contributed by atoms with Crippen LogP contribution >= 0.6 is 0 Å². The lowest BCUT2D eigenvalue weighted by Gasteiger charge is -2.48. The van der Waals surface area contributed by atoms with Crippen LogP contribution in [0.15, 0.2) is 0 Å². The van der Waals surface area contributed by atoms with Crippen molar-refractivity contribution in [1.29, 1.82) is 0 Å². The number of hydrogen-bond donors (Lipinski definition) is 1. The van der Waals surface area contributed by atoms with E-state index in [0.29, 0.717) is 12.5 Å². The number of alkyl halides is 3. The average molecular weight is 308 g/mol. The van der Waals surface area contributed by atoms with Gasteiger partial charge < -0.3 is 10.1 Å². The number of ether oxygens (including phenoxy) is 1. The lowest BCUT2D eigenvalue weighted by Crippen LogP contribution is -2.64. The molecule has 2 rings (SSSR count). The molecule has 0 bridgehead atoms. The first-order chi connectivity index (χ1) is 9.85. The molecule has 6 heteroatoms. The predicted molar refractivity (Wildman–Crippen MR) is 76.3 cm³/mol. The van der Waals surface area contributed by atoms with Gasteiger partial charge in [0.15, 0.2) is 0 Å². The standard InChI is InChI=1S/C15H27F3N2O/c1-3-13-9-20(7-4-8-21-11-15(16,17)18)14(2,10-19-13)12-5-6-12/h12-13,19H,3-11H2,1-2H3. The van der Waals surface area contributed by atoms with E-state index >= 15 is 0 Å². The molecule has 2 fully saturated rings. The van der Waals surface area contributed by atoms with E-state index in [1.807, 2.05) is 0 Å². The molecule has 3 nitrogen and oxygen atoms in total. The van der Waals surface area contributed by atoms with Crippen molar-refractivity contribution in [1.82, 2.24) is 10.2 Å². The molecule has 0 amide bonds. The van der Waals surface area contributed by atoms with Gasteiger partial charge in [-0.1, -0.05) is 6.92 Å². The molecule has 0 spiro atoms. The summed E-state index contributed by atoms with van der Waals surface area (Å²) >= 11 is 0. The van der Waals surface area contributed by atoms with Crippen LogP contribution in [-0.4, -0.2) is 55.5 Å². The third-order valence-corrected chi connectivity index (χ3v) is 4.84. The van der Waals surface area contributed by atoms with Crippen molar-refractivity contribution in [2.75, 3.05) is 32.8 Å². The number of hydrogen-bond acceptors (Lipinski definition) is 3. The Morgan fingerprint density at radius 1 is 1.33 bits per heavy atom. The molecule has 21 heavy (non-hydrogen) atoms. The summed E-state index contributed by atoms with van der Waals surface area (Å²) in [6.45, 7) is 6.31. The van der Waals surface area contributed by atoms with Gasteiger partial charge in [-0.05, 0) is 38.5 Å². The van der Waals surface area contributed by atoms with Gasteiger partial charge in [0.25, 0.3) is 0 Å². The van der Waals surface area contributed by atoms with E-state index in [1.54, 1.807) is 0 Å². The van der Waals surface area contributed by atoms with Crippen molar-refractivity contribution >= 4 is 0 Å². The van der Waals surface area contributed by atoms with Crippen molar-refractivity contribution in [2.45, 2.75) is 57.3 Å². The largest absolute Gasteiger partial charge is 0.411 e. The Morgan fingerprint density at radius 2 is 2.05 bits per heavy atom. The average Bonchev–Trinajstić information content (AvgIpc) is 3.23. The van der Waals surface area contributed by atoms with Crippen LogP contribution < -0.4 is 5.32 Å². The molecule has 1 aliphatic carbocycles. The zero-order valence-corrected chi connectivity index (χ0v) is 13.0. The summed E-state index contributed by atoms with van der Waals surface area (Å²) in [6.07, 6.45) is 0.0770. The molecule has 1 N–H and O–H groups in total. The molecule has 0 aromatic carbocycles. The van der Waals surface area contributed by atoms with Crippen LogP contribution in [0.5, 0.6) is 0 Å². The first-order valence-corrected chi connectivity index (χ1v) is 7.98. The van der Waals surface area contributed by atoms with Crippen molar-refractivity contribution in [3.05, 3.63) is 0 Å². The Morgan fingerprint density at radius 3 is 2.62 bits per heavy atom. The molecule has 124 valence electrons. The smallest absolute Gasteiger partial charge is 0.372 e. The van der Waals surface area contributed by atoms with E-state index in [1.165, 1.54) is 12.8 Å². The normalized spacial score (nSPS) is 31.6. The van der Waals surface area contributed by atoms with Crippen molar-refractivity contribution in [3.63, 3.8) is 0 Å². The highest BCUT2D eigenvalue weighted by Crippen LogP contribution is 2.44. The molecule has 2 aliphatic rings. The molecular weight excluding hydrogens is 281 g/mol. The number of nitrogens with one attached hydrogen (secondary N) is 1. The van der Waals surface area contributed by atoms with Crippen molar-refractivity contribution in [3.8, 4) is 0 Å². The third kappa shape index (κ3) is 4.83. The molecule has 0 aromatic rings. The SMILES string of the molecule is CCC1CN(CCCOCC(F)(F)F)C(C)(C2CC2)CN1. The first kappa shape index (κ1) is 17.0. The lowest BCUT2D eigenvalue weighted by molar-refractivity contribution is -0.174. The van der Waals surface area contributed by atoms with Crippen LogP contribution in [0, 0.1) is 5.92 Å². The van der Waals surface area contributed by atoms with E-state index in [4.69, 9.17) is 4.74 Å². The zero-order valence-electron chi connectivity index (χ0n) is 13.0. The third-order valence-electron chi connectivity index (χ3n) is 4.84. The van der Waals surface area contributed by atoms with Gasteiger partial charge in [0.1, 0.15) is 6.61 Å². The van der Waals surface area contributed by atoms with Gasteiger partial charge in [-0.25, -0.2) is 0 Å². The van der Waals surface area contributed by atoms with Crippen molar-refractivity contribution < 1.29 is 17.9 Å². The van der Waals surface area contributed by atoms with Gasteiger partial charge in [0.2, 0.25) is 0 Å². The second-order valence-electron chi connectivity index (χ2n) is 6.58. The summed E-state index contributed by atoms with van der Waals surface area (Å²) in [5.74, 6) is 0.735. The van der Waals surface area contributed by atoms with Crippen LogP contribution in [0.2, 0.25) is 0 Å². The number of rotatable bonds is 7. The molecule has 1 saturated heterocycles. The molecule has 2 unspecified atom stereocenters. The maximum absolute atomic E-state index is 12.0. The van der Waals surface area contributed by atoms with E-state index in [-0.39, 0.29) is 12.1 Å². The Kier molecular flexibility index (Phi) is 5.54. The van der Waals surface area contributed by atoms with Crippen LogP contribution in [0.25, 0.3) is 0 Å². The van der Waals surface area contributed by atoms with Crippen LogP contribution in [0.3, 0.4) is 0 Å². The summed E-state index contributed by atoms with van der Waals surface area (Å²) in [5.41, 5.74) is 0.162. The van der Waals surface area contributed by atoms with E-state index in [9.17, 15) is 13.2 Å². The zero-order chi connectivity index (χ0) is 15.5. The minimum atomic E-state index is -4.22. The molecular formula is C15H27F3N2O. The summed E-state index contributed by atoms with van der Waals surface area (Å²) in [5, 5.41) is 3.61. The molecule has 2 atom stereocenters. The molecule has 0 radical (unpaired) electrons. The van der Waals surface area contributed by atoms with Crippen LogP contribution in [0.1, 0.15) is 39.5 Å². The minimum absolute atomic E-state index is 0.162. The highest BCUT2D eigenvalue weighted by molar-refractivity contribution is 5.04. The van der Waals surface area contributed by atoms with Gasteiger partial charge in [0.05, 0.1) is 0 Å². The minimum Gasteiger partial charge on any atom is -0.372 e. The van der Waals surface area contributed by atoms with Gasteiger partial charge >= 0.3 is 6.18 Å². The predicted octanol–water partition coefficient (Wildman–Crippen LogP) is 2.81. The Balaban J connectivity index is 1.77. The van der Waals surface area contributed by atoms with E-state index in [0.717, 1.165) is 32.0 Å². The number of piperazine rings is 1. The summed E-state index contributed by atoms with van der Waals surface area (Å²) < 4.78 is 40.8. The molecule has 1 aliphatic heterocycles. The second-order valence-corrected chi connectivity index (χ2v) is 6.58.